The Morgan fingerprint density at radius 1 is 1.05 bits per heavy atom. The van der Waals surface area contributed by atoms with Crippen molar-refractivity contribution in [3.8, 4) is 6.07 Å². The molecule has 0 bridgehead atoms. The first-order valence-corrected chi connectivity index (χ1v) is 6.63. The zero-order valence-electron chi connectivity index (χ0n) is 10.2. The normalized spacial score (nSPS) is 10.2. The standard InChI is InChI=1S/C15H12BrFN2/c16-14-7-2-1-4-12(14)9-19-10-13-6-3-5-11(8-18)15(13)17/h1-7,19H,9-10H2. The summed E-state index contributed by atoms with van der Waals surface area (Å²) in [5.41, 5.74) is 1.70. The molecule has 0 aliphatic heterocycles. The quantitative estimate of drug-likeness (QED) is 0.932. The number of halogens is 2. The first kappa shape index (κ1) is 13.7. The van der Waals surface area contributed by atoms with Crippen LogP contribution in [-0.4, -0.2) is 0 Å². The van der Waals surface area contributed by atoms with E-state index in [0.717, 1.165) is 10.0 Å². The molecule has 0 aromatic heterocycles. The lowest BCUT2D eigenvalue weighted by Gasteiger charge is -2.08. The Morgan fingerprint density at radius 3 is 2.47 bits per heavy atom. The van der Waals surface area contributed by atoms with E-state index in [2.05, 4.69) is 21.2 Å². The Morgan fingerprint density at radius 2 is 1.74 bits per heavy atom. The summed E-state index contributed by atoms with van der Waals surface area (Å²) in [4.78, 5) is 0. The van der Waals surface area contributed by atoms with Crippen LogP contribution in [0.25, 0.3) is 0 Å². The lowest BCUT2D eigenvalue weighted by atomic mass is 10.1. The summed E-state index contributed by atoms with van der Waals surface area (Å²) >= 11 is 3.46. The van der Waals surface area contributed by atoms with Crippen LogP contribution in [0.15, 0.2) is 46.9 Å². The number of hydrogen-bond donors (Lipinski definition) is 1. The van der Waals surface area contributed by atoms with E-state index in [-0.39, 0.29) is 5.56 Å². The van der Waals surface area contributed by atoms with Gasteiger partial charge in [0, 0.05) is 23.1 Å². The van der Waals surface area contributed by atoms with E-state index >= 15 is 0 Å². The highest BCUT2D eigenvalue weighted by atomic mass is 79.9. The van der Waals surface area contributed by atoms with E-state index in [1.54, 1.807) is 12.1 Å². The Hall–Kier alpha value is -1.70. The fraction of sp³-hybridized carbons (Fsp3) is 0.133. The topological polar surface area (TPSA) is 35.8 Å². The van der Waals surface area contributed by atoms with Gasteiger partial charge < -0.3 is 5.32 Å². The molecule has 2 nitrogen and oxygen atoms in total. The average molecular weight is 319 g/mol. The molecule has 0 unspecified atom stereocenters. The minimum absolute atomic E-state index is 0.0835. The van der Waals surface area contributed by atoms with Crippen LogP contribution in [-0.2, 0) is 13.1 Å². The molecule has 0 saturated heterocycles. The Labute approximate surface area is 120 Å². The van der Waals surface area contributed by atoms with Gasteiger partial charge in [-0.2, -0.15) is 5.26 Å². The summed E-state index contributed by atoms with van der Waals surface area (Å²) in [6.45, 7) is 1.03. The molecule has 0 saturated carbocycles. The summed E-state index contributed by atoms with van der Waals surface area (Å²) in [6.07, 6.45) is 0. The fourth-order valence-electron chi connectivity index (χ4n) is 1.78. The van der Waals surface area contributed by atoms with Crippen LogP contribution in [0.2, 0.25) is 0 Å². The van der Waals surface area contributed by atoms with Crippen molar-refractivity contribution in [2.45, 2.75) is 13.1 Å². The monoisotopic (exact) mass is 318 g/mol. The lowest BCUT2D eigenvalue weighted by Crippen LogP contribution is -2.14. The predicted molar refractivity (Wildman–Crippen MR) is 75.8 cm³/mol. The highest BCUT2D eigenvalue weighted by molar-refractivity contribution is 9.10. The molecular weight excluding hydrogens is 307 g/mol. The first-order chi connectivity index (χ1) is 9.22. The fourth-order valence-corrected chi connectivity index (χ4v) is 2.20. The molecule has 2 aromatic rings. The molecule has 0 heterocycles. The lowest BCUT2D eigenvalue weighted by molar-refractivity contribution is 0.584. The van der Waals surface area contributed by atoms with Gasteiger partial charge in [0.1, 0.15) is 11.9 Å². The van der Waals surface area contributed by atoms with Gasteiger partial charge >= 0.3 is 0 Å². The Bertz CT molecular complexity index is 620. The largest absolute Gasteiger partial charge is 0.308 e. The van der Waals surface area contributed by atoms with E-state index in [0.29, 0.717) is 18.7 Å². The molecule has 0 fully saturated rings. The second-order valence-electron chi connectivity index (χ2n) is 4.09. The zero-order valence-corrected chi connectivity index (χ0v) is 11.7. The molecule has 0 aliphatic carbocycles. The molecule has 0 atom stereocenters. The molecule has 0 amide bonds. The van der Waals surface area contributed by atoms with Gasteiger partial charge in [0.15, 0.2) is 0 Å². The highest BCUT2D eigenvalue weighted by Crippen LogP contribution is 2.16. The first-order valence-electron chi connectivity index (χ1n) is 5.84. The smallest absolute Gasteiger partial charge is 0.145 e. The van der Waals surface area contributed by atoms with Gasteiger partial charge in [0.2, 0.25) is 0 Å². The van der Waals surface area contributed by atoms with E-state index in [4.69, 9.17) is 5.26 Å². The third-order valence-corrected chi connectivity index (χ3v) is 3.56. The molecule has 2 aromatic carbocycles. The van der Waals surface area contributed by atoms with E-state index in [1.165, 1.54) is 6.07 Å². The van der Waals surface area contributed by atoms with Crippen molar-refractivity contribution in [1.82, 2.24) is 5.32 Å². The highest BCUT2D eigenvalue weighted by Gasteiger charge is 2.07. The SMILES string of the molecule is N#Cc1cccc(CNCc2ccccc2Br)c1F. The van der Waals surface area contributed by atoms with Crippen LogP contribution in [0, 0.1) is 17.1 Å². The summed E-state index contributed by atoms with van der Waals surface area (Å²) < 4.78 is 14.8. The van der Waals surface area contributed by atoms with Crippen molar-refractivity contribution in [3.63, 3.8) is 0 Å². The molecule has 19 heavy (non-hydrogen) atoms. The Kier molecular flexibility index (Phi) is 4.67. The van der Waals surface area contributed by atoms with Crippen molar-refractivity contribution in [2.75, 3.05) is 0 Å². The van der Waals surface area contributed by atoms with Gasteiger partial charge in [-0.05, 0) is 17.7 Å². The second-order valence-corrected chi connectivity index (χ2v) is 4.94. The van der Waals surface area contributed by atoms with Gasteiger partial charge in [-0.15, -0.1) is 0 Å². The molecule has 0 aliphatic rings. The molecule has 2 rings (SSSR count). The number of benzene rings is 2. The average Bonchev–Trinajstić information content (AvgIpc) is 2.43. The minimum atomic E-state index is -0.440. The molecule has 96 valence electrons. The van der Waals surface area contributed by atoms with E-state index < -0.39 is 5.82 Å². The Balaban J connectivity index is 2.01. The summed E-state index contributed by atoms with van der Waals surface area (Å²) in [5, 5.41) is 11.9. The van der Waals surface area contributed by atoms with Crippen molar-refractivity contribution < 1.29 is 4.39 Å². The minimum Gasteiger partial charge on any atom is -0.308 e. The van der Waals surface area contributed by atoms with Crippen molar-refractivity contribution >= 4 is 15.9 Å². The zero-order chi connectivity index (χ0) is 13.7. The maximum atomic E-state index is 13.8. The number of hydrogen-bond acceptors (Lipinski definition) is 2. The molecule has 1 N–H and O–H groups in total. The van der Waals surface area contributed by atoms with Crippen LogP contribution in [0.3, 0.4) is 0 Å². The third kappa shape index (κ3) is 3.40. The summed E-state index contributed by atoms with van der Waals surface area (Å²) in [7, 11) is 0. The van der Waals surface area contributed by atoms with Crippen LogP contribution in [0.4, 0.5) is 4.39 Å². The van der Waals surface area contributed by atoms with Crippen LogP contribution in [0.1, 0.15) is 16.7 Å². The number of rotatable bonds is 4. The van der Waals surface area contributed by atoms with E-state index in [1.807, 2.05) is 30.3 Å². The van der Waals surface area contributed by atoms with Gasteiger partial charge in [-0.1, -0.05) is 46.3 Å². The molecular formula is C15H12BrFN2. The number of nitrogens with one attached hydrogen (secondary N) is 1. The van der Waals surface area contributed by atoms with Crippen molar-refractivity contribution in [1.29, 1.82) is 5.26 Å². The van der Waals surface area contributed by atoms with Gasteiger partial charge in [0.05, 0.1) is 5.56 Å². The maximum Gasteiger partial charge on any atom is 0.145 e. The van der Waals surface area contributed by atoms with Crippen molar-refractivity contribution in [3.05, 3.63) is 69.4 Å². The maximum absolute atomic E-state index is 13.8. The van der Waals surface area contributed by atoms with Crippen LogP contribution < -0.4 is 5.32 Å². The van der Waals surface area contributed by atoms with E-state index in [9.17, 15) is 4.39 Å². The molecule has 4 heteroatoms. The number of nitrogens with zero attached hydrogens (tertiary/aromatic N) is 1. The van der Waals surface area contributed by atoms with Crippen molar-refractivity contribution in [2.24, 2.45) is 0 Å². The summed E-state index contributed by atoms with van der Waals surface area (Å²) in [5.74, 6) is -0.440. The van der Waals surface area contributed by atoms with Crippen LogP contribution >= 0.6 is 15.9 Å². The molecule has 0 radical (unpaired) electrons. The van der Waals surface area contributed by atoms with Crippen LogP contribution in [0.5, 0.6) is 0 Å². The number of nitriles is 1. The summed E-state index contributed by atoms with van der Waals surface area (Å²) in [6, 6.07) is 14.6. The van der Waals surface area contributed by atoms with Gasteiger partial charge in [-0.25, -0.2) is 4.39 Å². The van der Waals surface area contributed by atoms with Gasteiger partial charge in [0.25, 0.3) is 0 Å². The predicted octanol–water partition coefficient (Wildman–Crippen LogP) is 3.75. The second kappa shape index (κ2) is 6.46. The third-order valence-electron chi connectivity index (χ3n) is 2.79. The molecule has 0 spiro atoms. The van der Waals surface area contributed by atoms with Gasteiger partial charge in [-0.3, -0.25) is 0 Å².